The molecule has 0 rings (SSSR count). The van der Waals surface area contributed by atoms with E-state index in [1.54, 1.807) is 19.9 Å². The number of hydrogen-bond donors (Lipinski definition) is 0. The van der Waals surface area contributed by atoms with Crippen LogP contribution < -0.4 is 0 Å². The zero-order chi connectivity index (χ0) is 10.5. The Morgan fingerprint density at radius 1 is 1.46 bits per heavy atom. The van der Waals surface area contributed by atoms with Crippen LogP contribution in [0.5, 0.6) is 0 Å². The second-order valence-corrected chi connectivity index (χ2v) is 4.38. The van der Waals surface area contributed by atoms with E-state index in [0.717, 1.165) is 6.26 Å². The Balaban J connectivity index is 5.23. The third kappa shape index (κ3) is 3.47. The van der Waals surface area contributed by atoms with Gasteiger partial charge in [0, 0.05) is 12.7 Å². The highest BCUT2D eigenvalue weighted by molar-refractivity contribution is 7.94. The van der Waals surface area contributed by atoms with Crippen LogP contribution in [0.1, 0.15) is 20.3 Å². The molecule has 0 aromatic carbocycles. The summed E-state index contributed by atoms with van der Waals surface area (Å²) in [5, 5.41) is 8.62. The summed E-state index contributed by atoms with van der Waals surface area (Å²) in [5.41, 5.74) is 0. The Morgan fingerprint density at radius 3 is 2.23 bits per heavy atom. The van der Waals surface area contributed by atoms with E-state index in [9.17, 15) is 8.42 Å². The zero-order valence-electron chi connectivity index (χ0n) is 7.99. The molecule has 13 heavy (non-hydrogen) atoms. The highest BCUT2D eigenvalue weighted by Crippen LogP contribution is 2.14. The standard InChI is InChI=1S/C8H13NO3S/c1-4-7(12-5-2)8(6-9)13(3,10)11/h4-5H2,1-3H3/b8-7-. The van der Waals surface area contributed by atoms with Crippen molar-refractivity contribution in [1.29, 1.82) is 5.26 Å². The molecule has 0 unspecified atom stereocenters. The summed E-state index contributed by atoms with van der Waals surface area (Å²) in [6.45, 7) is 3.85. The van der Waals surface area contributed by atoms with Gasteiger partial charge in [0.05, 0.1) is 6.61 Å². The molecule has 0 spiro atoms. The number of ether oxygens (including phenoxy) is 1. The van der Waals surface area contributed by atoms with E-state index >= 15 is 0 Å². The minimum absolute atomic E-state index is 0.243. The van der Waals surface area contributed by atoms with Crippen molar-refractivity contribution in [3.8, 4) is 6.07 Å². The summed E-state index contributed by atoms with van der Waals surface area (Å²) in [7, 11) is -3.45. The molecule has 0 saturated heterocycles. The van der Waals surface area contributed by atoms with Crippen molar-refractivity contribution in [2.45, 2.75) is 20.3 Å². The first-order valence-corrected chi connectivity index (χ1v) is 5.82. The molecule has 0 aliphatic heterocycles. The molecule has 0 aromatic rings. The Labute approximate surface area is 78.7 Å². The van der Waals surface area contributed by atoms with Crippen molar-refractivity contribution in [1.82, 2.24) is 0 Å². The molecule has 0 aromatic heterocycles. The van der Waals surface area contributed by atoms with Crippen LogP contribution >= 0.6 is 0 Å². The van der Waals surface area contributed by atoms with Crippen LogP contribution in [0.25, 0.3) is 0 Å². The lowest BCUT2D eigenvalue weighted by Gasteiger charge is -2.07. The van der Waals surface area contributed by atoms with E-state index < -0.39 is 9.84 Å². The minimum Gasteiger partial charge on any atom is -0.496 e. The van der Waals surface area contributed by atoms with Crippen LogP contribution in [0.4, 0.5) is 0 Å². The van der Waals surface area contributed by atoms with Gasteiger partial charge in [-0.1, -0.05) is 6.92 Å². The summed E-state index contributed by atoms with van der Waals surface area (Å²) in [5.74, 6) is 0.243. The maximum absolute atomic E-state index is 11.1. The molecule has 0 aliphatic rings. The van der Waals surface area contributed by atoms with Gasteiger partial charge in [0.2, 0.25) is 0 Å². The van der Waals surface area contributed by atoms with Gasteiger partial charge in [-0.15, -0.1) is 0 Å². The average Bonchev–Trinajstić information content (AvgIpc) is 2.01. The van der Waals surface area contributed by atoms with E-state index in [-0.39, 0.29) is 10.7 Å². The van der Waals surface area contributed by atoms with Crippen molar-refractivity contribution < 1.29 is 13.2 Å². The first-order valence-electron chi connectivity index (χ1n) is 3.93. The van der Waals surface area contributed by atoms with E-state index in [0.29, 0.717) is 13.0 Å². The molecule has 0 radical (unpaired) electrons. The van der Waals surface area contributed by atoms with Crippen LogP contribution in [0.15, 0.2) is 10.7 Å². The lowest BCUT2D eigenvalue weighted by molar-refractivity contribution is 0.220. The summed E-state index contributed by atoms with van der Waals surface area (Å²) in [6.07, 6.45) is 1.41. The summed E-state index contributed by atoms with van der Waals surface area (Å²) in [4.78, 5) is -0.267. The first kappa shape index (κ1) is 12.0. The largest absolute Gasteiger partial charge is 0.496 e. The van der Waals surface area contributed by atoms with Crippen molar-refractivity contribution in [2.75, 3.05) is 12.9 Å². The summed E-state index contributed by atoms with van der Waals surface area (Å²) >= 11 is 0. The molecule has 0 fully saturated rings. The molecule has 0 bridgehead atoms. The summed E-state index contributed by atoms with van der Waals surface area (Å²) in [6, 6.07) is 1.64. The van der Waals surface area contributed by atoms with E-state index in [1.807, 2.05) is 0 Å². The van der Waals surface area contributed by atoms with E-state index in [1.165, 1.54) is 0 Å². The van der Waals surface area contributed by atoms with E-state index in [2.05, 4.69) is 0 Å². The van der Waals surface area contributed by atoms with E-state index in [4.69, 9.17) is 10.00 Å². The molecule has 5 heteroatoms. The van der Waals surface area contributed by atoms with Gasteiger partial charge in [-0.05, 0) is 6.92 Å². The van der Waals surface area contributed by atoms with Gasteiger partial charge in [0.15, 0.2) is 14.7 Å². The van der Waals surface area contributed by atoms with Gasteiger partial charge in [-0.25, -0.2) is 8.42 Å². The molecule has 0 aliphatic carbocycles. The highest BCUT2D eigenvalue weighted by Gasteiger charge is 2.16. The fourth-order valence-corrected chi connectivity index (χ4v) is 1.64. The van der Waals surface area contributed by atoms with Gasteiger partial charge < -0.3 is 4.74 Å². The number of hydrogen-bond acceptors (Lipinski definition) is 4. The predicted octanol–water partition coefficient (Wildman–Crippen LogP) is 1.21. The second-order valence-electron chi connectivity index (χ2n) is 2.42. The van der Waals surface area contributed by atoms with Crippen LogP contribution in [-0.2, 0) is 14.6 Å². The number of rotatable bonds is 4. The summed E-state index contributed by atoms with van der Waals surface area (Å²) < 4.78 is 27.2. The van der Waals surface area contributed by atoms with Crippen molar-refractivity contribution in [3.05, 3.63) is 10.7 Å². The quantitative estimate of drug-likeness (QED) is 0.509. The second kappa shape index (κ2) is 4.87. The first-order chi connectivity index (χ1) is 5.97. The topological polar surface area (TPSA) is 67.2 Å². The Morgan fingerprint density at radius 2 is 2.00 bits per heavy atom. The zero-order valence-corrected chi connectivity index (χ0v) is 8.81. The fraction of sp³-hybridized carbons (Fsp3) is 0.625. The van der Waals surface area contributed by atoms with Gasteiger partial charge in [-0.3, -0.25) is 0 Å². The monoisotopic (exact) mass is 203 g/mol. The number of sulfone groups is 1. The predicted molar refractivity (Wildman–Crippen MR) is 49.4 cm³/mol. The smallest absolute Gasteiger partial charge is 0.188 e. The SMILES string of the molecule is CCO/C(CC)=C(/C#N)S(C)(=O)=O. The number of allylic oxidation sites excluding steroid dienone is 2. The average molecular weight is 203 g/mol. The molecule has 0 saturated carbocycles. The van der Waals surface area contributed by atoms with Gasteiger partial charge >= 0.3 is 0 Å². The number of nitriles is 1. The highest BCUT2D eigenvalue weighted by atomic mass is 32.2. The molecule has 0 amide bonds. The molecule has 74 valence electrons. The molecular weight excluding hydrogens is 190 g/mol. The van der Waals surface area contributed by atoms with Crippen molar-refractivity contribution >= 4 is 9.84 Å². The molecule has 0 heterocycles. The maximum Gasteiger partial charge on any atom is 0.188 e. The number of nitrogens with zero attached hydrogens (tertiary/aromatic N) is 1. The van der Waals surface area contributed by atoms with Gasteiger partial charge in [0.25, 0.3) is 0 Å². The Bertz CT molecular complexity index is 335. The normalized spacial score (nSPS) is 13.1. The Hall–Kier alpha value is -1.02. The fourth-order valence-electron chi connectivity index (χ4n) is 0.854. The molecule has 0 N–H and O–H groups in total. The van der Waals surface area contributed by atoms with Crippen molar-refractivity contribution in [3.63, 3.8) is 0 Å². The van der Waals surface area contributed by atoms with Crippen LogP contribution in [0, 0.1) is 11.3 Å². The van der Waals surface area contributed by atoms with Gasteiger partial charge in [0.1, 0.15) is 11.8 Å². The third-order valence-electron chi connectivity index (χ3n) is 1.37. The van der Waals surface area contributed by atoms with Crippen molar-refractivity contribution in [2.24, 2.45) is 0 Å². The minimum atomic E-state index is -3.45. The lowest BCUT2D eigenvalue weighted by atomic mass is 10.3. The lowest BCUT2D eigenvalue weighted by Crippen LogP contribution is -2.05. The van der Waals surface area contributed by atoms with Crippen LogP contribution in [-0.4, -0.2) is 21.3 Å². The molecular formula is C8H13NO3S. The van der Waals surface area contributed by atoms with Gasteiger partial charge in [-0.2, -0.15) is 5.26 Å². The molecule has 0 atom stereocenters. The molecule has 4 nitrogen and oxygen atoms in total. The third-order valence-corrected chi connectivity index (χ3v) is 2.43. The van der Waals surface area contributed by atoms with Crippen LogP contribution in [0.3, 0.4) is 0 Å². The van der Waals surface area contributed by atoms with Crippen LogP contribution in [0.2, 0.25) is 0 Å². The maximum atomic E-state index is 11.1. The Kier molecular flexibility index (Phi) is 4.49.